The molecule has 1 aliphatic heterocycles. The summed E-state index contributed by atoms with van der Waals surface area (Å²) in [6, 6.07) is 6.73. The molecule has 0 spiro atoms. The Bertz CT molecular complexity index is 442. The van der Waals surface area contributed by atoms with Gasteiger partial charge < -0.3 is 10.6 Å². The van der Waals surface area contributed by atoms with Crippen molar-refractivity contribution in [2.45, 2.75) is 12.5 Å². The van der Waals surface area contributed by atoms with E-state index in [-0.39, 0.29) is 0 Å². The molecule has 2 aromatic rings. The minimum absolute atomic E-state index is 0.513. The van der Waals surface area contributed by atoms with E-state index in [1.165, 1.54) is 11.3 Å². The van der Waals surface area contributed by atoms with Gasteiger partial charge in [0.25, 0.3) is 0 Å². The minimum Gasteiger partial charge on any atom is -0.365 e. The third-order valence-corrected chi connectivity index (χ3v) is 3.68. The van der Waals surface area contributed by atoms with Crippen LogP contribution in [0.3, 0.4) is 0 Å². The Kier molecular flexibility index (Phi) is 2.63. The standard InChI is InChI=1S/C11H14N4S/c1-2-10(16-5-1)9-6-11(15-14-9)13-8-3-4-12-7-8/h1-2,5-6,8,12H,3-4,7H2,(H2,13,14,15). The lowest BCUT2D eigenvalue weighted by molar-refractivity contribution is 0.786. The van der Waals surface area contributed by atoms with E-state index in [0.717, 1.165) is 24.6 Å². The predicted octanol–water partition coefficient (Wildman–Crippen LogP) is 1.91. The van der Waals surface area contributed by atoms with Crippen molar-refractivity contribution in [2.24, 2.45) is 0 Å². The largest absolute Gasteiger partial charge is 0.365 e. The minimum atomic E-state index is 0.513. The lowest BCUT2D eigenvalue weighted by Crippen LogP contribution is -2.22. The van der Waals surface area contributed by atoms with Crippen LogP contribution in [0.15, 0.2) is 23.6 Å². The van der Waals surface area contributed by atoms with Gasteiger partial charge >= 0.3 is 0 Å². The van der Waals surface area contributed by atoms with Gasteiger partial charge in [-0.2, -0.15) is 5.10 Å². The Hall–Kier alpha value is -1.33. The number of nitrogens with one attached hydrogen (secondary N) is 3. The van der Waals surface area contributed by atoms with E-state index >= 15 is 0 Å². The molecule has 3 rings (SSSR count). The monoisotopic (exact) mass is 234 g/mol. The van der Waals surface area contributed by atoms with Gasteiger partial charge in [0.05, 0.1) is 10.6 Å². The van der Waals surface area contributed by atoms with Crippen LogP contribution in [-0.4, -0.2) is 29.3 Å². The molecule has 3 N–H and O–H groups in total. The molecule has 3 heterocycles. The van der Waals surface area contributed by atoms with E-state index in [0.29, 0.717) is 6.04 Å². The molecule has 1 aliphatic rings. The van der Waals surface area contributed by atoms with Crippen LogP contribution in [0.4, 0.5) is 5.82 Å². The van der Waals surface area contributed by atoms with Crippen LogP contribution < -0.4 is 10.6 Å². The Morgan fingerprint density at radius 2 is 2.50 bits per heavy atom. The van der Waals surface area contributed by atoms with Crippen LogP contribution in [0.1, 0.15) is 6.42 Å². The van der Waals surface area contributed by atoms with E-state index < -0.39 is 0 Å². The molecule has 0 aliphatic carbocycles. The van der Waals surface area contributed by atoms with E-state index in [1.54, 1.807) is 11.3 Å². The molecule has 16 heavy (non-hydrogen) atoms. The summed E-state index contributed by atoms with van der Waals surface area (Å²) in [6.07, 6.45) is 1.17. The molecule has 0 saturated carbocycles. The Morgan fingerprint density at radius 1 is 1.50 bits per heavy atom. The third kappa shape index (κ3) is 1.96. The van der Waals surface area contributed by atoms with Crippen LogP contribution in [0.5, 0.6) is 0 Å². The number of anilines is 1. The van der Waals surface area contributed by atoms with E-state index in [2.05, 4.69) is 44.4 Å². The topological polar surface area (TPSA) is 52.7 Å². The highest BCUT2D eigenvalue weighted by atomic mass is 32.1. The van der Waals surface area contributed by atoms with Gasteiger partial charge in [0.1, 0.15) is 5.82 Å². The SMILES string of the molecule is c1csc(-c2cc(NC3CCNC3)n[nH]2)c1. The highest BCUT2D eigenvalue weighted by molar-refractivity contribution is 7.13. The van der Waals surface area contributed by atoms with Crippen molar-refractivity contribution >= 4 is 17.2 Å². The number of aromatic nitrogens is 2. The molecule has 4 nitrogen and oxygen atoms in total. The fourth-order valence-corrected chi connectivity index (χ4v) is 2.63. The van der Waals surface area contributed by atoms with Crippen LogP contribution in [0.25, 0.3) is 10.6 Å². The first kappa shape index (κ1) is 9.86. The number of H-pyrrole nitrogens is 1. The first-order chi connectivity index (χ1) is 7.92. The van der Waals surface area contributed by atoms with Gasteiger partial charge in [0, 0.05) is 18.7 Å². The predicted molar refractivity (Wildman–Crippen MR) is 66.8 cm³/mol. The first-order valence-electron chi connectivity index (χ1n) is 5.48. The van der Waals surface area contributed by atoms with Gasteiger partial charge in [-0.05, 0) is 24.4 Å². The number of thiophene rings is 1. The highest BCUT2D eigenvalue weighted by Crippen LogP contribution is 2.24. The summed E-state index contributed by atoms with van der Waals surface area (Å²) in [5.74, 6) is 0.942. The van der Waals surface area contributed by atoms with Crippen LogP contribution in [0.2, 0.25) is 0 Å². The van der Waals surface area contributed by atoms with E-state index in [4.69, 9.17) is 0 Å². The maximum atomic E-state index is 4.28. The quantitative estimate of drug-likeness (QED) is 0.760. The van der Waals surface area contributed by atoms with Crippen molar-refractivity contribution in [1.82, 2.24) is 15.5 Å². The molecule has 2 aromatic heterocycles. The second-order valence-corrected chi connectivity index (χ2v) is 4.93. The summed E-state index contributed by atoms with van der Waals surface area (Å²) in [5, 5.41) is 16.2. The van der Waals surface area contributed by atoms with Crippen molar-refractivity contribution in [3.63, 3.8) is 0 Å². The summed E-state index contributed by atoms with van der Waals surface area (Å²) in [6.45, 7) is 2.13. The van der Waals surface area contributed by atoms with Crippen LogP contribution >= 0.6 is 11.3 Å². The number of aromatic amines is 1. The Balaban J connectivity index is 1.72. The molecule has 0 amide bonds. The molecular formula is C11H14N4S. The number of nitrogens with zero attached hydrogens (tertiary/aromatic N) is 1. The Labute approximate surface area is 98.1 Å². The maximum Gasteiger partial charge on any atom is 0.148 e. The van der Waals surface area contributed by atoms with Gasteiger partial charge in [0.15, 0.2) is 0 Å². The summed E-state index contributed by atoms with van der Waals surface area (Å²) in [7, 11) is 0. The lowest BCUT2D eigenvalue weighted by atomic mass is 10.2. The first-order valence-corrected chi connectivity index (χ1v) is 6.36. The molecule has 0 aromatic carbocycles. The molecule has 0 radical (unpaired) electrons. The third-order valence-electron chi connectivity index (χ3n) is 2.78. The van der Waals surface area contributed by atoms with Crippen LogP contribution in [0, 0.1) is 0 Å². The second kappa shape index (κ2) is 4.27. The zero-order valence-electron chi connectivity index (χ0n) is 8.86. The van der Waals surface area contributed by atoms with E-state index in [9.17, 15) is 0 Å². The van der Waals surface area contributed by atoms with Gasteiger partial charge in [0.2, 0.25) is 0 Å². The number of rotatable bonds is 3. The van der Waals surface area contributed by atoms with Crippen molar-refractivity contribution in [2.75, 3.05) is 18.4 Å². The zero-order valence-corrected chi connectivity index (χ0v) is 9.68. The average Bonchev–Trinajstić information content (AvgIpc) is 2.99. The maximum absolute atomic E-state index is 4.28. The summed E-state index contributed by atoms with van der Waals surface area (Å²) in [4.78, 5) is 1.23. The smallest absolute Gasteiger partial charge is 0.148 e. The van der Waals surface area contributed by atoms with E-state index in [1.807, 2.05) is 0 Å². The van der Waals surface area contributed by atoms with Gasteiger partial charge in [-0.1, -0.05) is 6.07 Å². The summed E-state index contributed by atoms with van der Waals surface area (Å²) < 4.78 is 0. The normalized spacial score (nSPS) is 20.1. The van der Waals surface area contributed by atoms with Gasteiger partial charge in [-0.15, -0.1) is 11.3 Å². The summed E-state index contributed by atoms with van der Waals surface area (Å²) >= 11 is 1.72. The summed E-state index contributed by atoms with van der Waals surface area (Å²) in [5.41, 5.74) is 1.09. The number of hydrogen-bond donors (Lipinski definition) is 3. The van der Waals surface area contributed by atoms with Crippen LogP contribution in [-0.2, 0) is 0 Å². The fraction of sp³-hybridized carbons (Fsp3) is 0.364. The van der Waals surface area contributed by atoms with Gasteiger partial charge in [-0.25, -0.2) is 0 Å². The lowest BCUT2D eigenvalue weighted by Gasteiger charge is -2.08. The van der Waals surface area contributed by atoms with Crippen molar-refractivity contribution in [3.05, 3.63) is 23.6 Å². The molecule has 1 fully saturated rings. The average molecular weight is 234 g/mol. The second-order valence-electron chi connectivity index (χ2n) is 3.98. The fourth-order valence-electron chi connectivity index (χ4n) is 1.94. The molecule has 0 bridgehead atoms. The number of hydrogen-bond acceptors (Lipinski definition) is 4. The van der Waals surface area contributed by atoms with Crippen molar-refractivity contribution in [1.29, 1.82) is 0 Å². The molecule has 1 unspecified atom stereocenters. The molecule has 84 valence electrons. The molecule has 1 atom stereocenters. The molecule has 1 saturated heterocycles. The van der Waals surface area contributed by atoms with Gasteiger partial charge in [-0.3, -0.25) is 5.10 Å². The van der Waals surface area contributed by atoms with Crippen molar-refractivity contribution in [3.8, 4) is 10.6 Å². The zero-order chi connectivity index (χ0) is 10.8. The highest BCUT2D eigenvalue weighted by Gasteiger charge is 2.15. The van der Waals surface area contributed by atoms with Crippen molar-refractivity contribution < 1.29 is 0 Å². The molecule has 5 heteroatoms. The molecular weight excluding hydrogens is 220 g/mol. The Morgan fingerprint density at radius 3 is 3.25 bits per heavy atom.